The Balaban J connectivity index is 1.81. The molecule has 106 valence electrons. The molecule has 5 nitrogen and oxygen atoms in total. The molecule has 1 unspecified atom stereocenters. The number of carbonyl (C=O) groups is 1. The van der Waals surface area contributed by atoms with Gasteiger partial charge in [-0.15, -0.1) is 0 Å². The van der Waals surface area contributed by atoms with Gasteiger partial charge in [0.05, 0.1) is 13.7 Å². The van der Waals surface area contributed by atoms with E-state index in [1.807, 2.05) is 0 Å². The van der Waals surface area contributed by atoms with Crippen molar-refractivity contribution in [3.63, 3.8) is 0 Å². The highest BCUT2D eigenvalue weighted by atomic mass is 16.5. The van der Waals surface area contributed by atoms with E-state index in [4.69, 9.17) is 9.15 Å². The standard InChI is InChI=1S/C14H21NO4/c1-10(11-5-7-18-8-6-11)15-9-12-3-4-13(19-12)14(16)17-2/h3-4,10-11,15H,5-9H2,1-2H3. The normalized spacial score (nSPS) is 18.2. The summed E-state index contributed by atoms with van der Waals surface area (Å²) in [5.41, 5.74) is 0. The van der Waals surface area contributed by atoms with Gasteiger partial charge in [-0.25, -0.2) is 4.79 Å². The molecule has 1 saturated heterocycles. The second-order valence-corrected chi connectivity index (χ2v) is 4.88. The van der Waals surface area contributed by atoms with Gasteiger partial charge in [-0.05, 0) is 37.8 Å². The van der Waals surface area contributed by atoms with Gasteiger partial charge in [0.15, 0.2) is 0 Å². The summed E-state index contributed by atoms with van der Waals surface area (Å²) in [7, 11) is 1.34. The second-order valence-electron chi connectivity index (χ2n) is 4.88. The van der Waals surface area contributed by atoms with Gasteiger partial charge in [-0.2, -0.15) is 0 Å². The third kappa shape index (κ3) is 3.81. The van der Waals surface area contributed by atoms with Crippen LogP contribution in [0, 0.1) is 5.92 Å². The molecule has 0 saturated carbocycles. The van der Waals surface area contributed by atoms with Crippen molar-refractivity contribution in [2.45, 2.75) is 32.4 Å². The molecular weight excluding hydrogens is 246 g/mol. The van der Waals surface area contributed by atoms with E-state index in [1.54, 1.807) is 12.1 Å². The summed E-state index contributed by atoms with van der Waals surface area (Å²) in [6.45, 7) is 4.50. The van der Waals surface area contributed by atoms with Crippen LogP contribution < -0.4 is 5.32 Å². The van der Waals surface area contributed by atoms with Crippen molar-refractivity contribution >= 4 is 5.97 Å². The Bertz CT molecular complexity index is 409. The van der Waals surface area contributed by atoms with E-state index in [0.29, 0.717) is 18.5 Å². The summed E-state index contributed by atoms with van der Waals surface area (Å²) in [6, 6.07) is 3.85. The van der Waals surface area contributed by atoms with Crippen LogP contribution in [-0.4, -0.2) is 32.3 Å². The number of ether oxygens (including phenoxy) is 2. The van der Waals surface area contributed by atoms with Crippen LogP contribution in [0.4, 0.5) is 0 Å². The van der Waals surface area contributed by atoms with Crippen molar-refractivity contribution in [3.8, 4) is 0 Å². The second kappa shape index (κ2) is 6.73. The minimum Gasteiger partial charge on any atom is -0.463 e. The lowest BCUT2D eigenvalue weighted by molar-refractivity contribution is 0.0545. The van der Waals surface area contributed by atoms with Crippen LogP contribution in [0.2, 0.25) is 0 Å². The van der Waals surface area contributed by atoms with Crippen molar-refractivity contribution in [1.29, 1.82) is 0 Å². The molecule has 1 atom stereocenters. The van der Waals surface area contributed by atoms with E-state index in [1.165, 1.54) is 7.11 Å². The maximum atomic E-state index is 11.3. The summed E-state index contributed by atoms with van der Waals surface area (Å²) < 4.78 is 15.4. The van der Waals surface area contributed by atoms with Crippen LogP contribution in [0.1, 0.15) is 36.1 Å². The Kier molecular flexibility index (Phi) is 4.99. The van der Waals surface area contributed by atoms with Gasteiger partial charge in [-0.3, -0.25) is 0 Å². The highest BCUT2D eigenvalue weighted by Crippen LogP contribution is 2.19. The van der Waals surface area contributed by atoms with Crippen LogP contribution in [0.3, 0.4) is 0 Å². The first-order valence-electron chi connectivity index (χ1n) is 6.69. The molecule has 0 aliphatic carbocycles. The average Bonchev–Trinajstić information content (AvgIpc) is 2.93. The predicted octanol–water partition coefficient (Wildman–Crippen LogP) is 1.97. The van der Waals surface area contributed by atoms with Gasteiger partial charge in [-0.1, -0.05) is 0 Å². The minimum atomic E-state index is -0.441. The van der Waals surface area contributed by atoms with Gasteiger partial charge < -0.3 is 19.2 Å². The SMILES string of the molecule is COC(=O)c1ccc(CNC(C)C2CCOCC2)o1. The predicted molar refractivity (Wildman–Crippen MR) is 69.9 cm³/mol. The molecule has 1 aromatic rings. The first-order valence-corrected chi connectivity index (χ1v) is 6.69. The zero-order valence-corrected chi connectivity index (χ0v) is 11.5. The van der Waals surface area contributed by atoms with E-state index in [-0.39, 0.29) is 5.76 Å². The topological polar surface area (TPSA) is 60.7 Å². The van der Waals surface area contributed by atoms with Gasteiger partial charge in [0, 0.05) is 19.3 Å². The van der Waals surface area contributed by atoms with Crippen molar-refractivity contribution in [2.75, 3.05) is 20.3 Å². The number of esters is 1. The summed E-state index contributed by atoms with van der Waals surface area (Å²) >= 11 is 0. The highest BCUT2D eigenvalue weighted by molar-refractivity contribution is 5.86. The molecule has 1 N–H and O–H groups in total. The van der Waals surface area contributed by atoms with Crippen molar-refractivity contribution in [2.24, 2.45) is 5.92 Å². The molecule has 0 amide bonds. The Hall–Kier alpha value is -1.33. The summed E-state index contributed by atoms with van der Waals surface area (Å²) in [4.78, 5) is 11.3. The first-order chi connectivity index (χ1) is 9.20. The quantitative estimate of drug-likeness (QED) is 0.826. The molecule has 1 aliphatic heterocycles. The Morgan fingerprint density at radius 1 is 1.47 bits per heavy atom. The number of nitrogens with one attached hydrogen (secondary N) is 1. The first kappa shape index (κ1) is 14.1. The Morgan fingerprint density at radius 3 is 2.89 bits per heavy atom. The van der Waals surface area contributed by atoms with Gasteiger partial charge in [0.2, 0.25) is 5.76 Å². The van der Waals surface area contributed by atoms with E-state index in [0.717, 1.165) is 31.8 Å². The molecule has 5 heteroatoms. The molecule has 1 aromatic heterocycles. The minimum absolute atomic E-state index is 0.248. The third-order valence-corrected chi connectivity index (χ3v) is 3.62. The molecule has 1 aliphatic rings. The van der Waals surface area contributed by atoms with Gasteiger partial charge in [0.25, 0.3) is 0 Å². The maximum absolute atomic E-state index is 11.3. The van der Waals surface area contributed by atoms with E-state index in [9.17, 15) is 4.79 Å². The van der Waals surface area contributed by atoms with E-state index >= 15 is 0 Å². The molecule has 0 bridgehead atoms. The van der Waals surface area contributed by atoms with Crippen molar-refractivity contribution < 1.29 is 18.7 Å². The molecule has 0 radical (unpaired) electrons. The highest BCUT2D eigenvalue weighted by Gasteiger charge is 2.20. The van der Waals surface area contributed by atoms with Gasteiger partial charge in [0.1, 0.15) is 5.76 Å². The molecule has 0 aromatic carbocycles. The third-order valence-electron chi connectivity index (χ3n) is 3.62. The molecule has 1 fully saturated rings. The number of methoxy groups -OCH3 is 1. The van der Waals surface area contributed by atoms with E-state index in [2.05, 4.69) is 17.0 Å². The number of hydrogen-bond donors (Lipinski definition) is 1. The summed E-state index contributed by atoms with van der Waals surface area (Å²) in [6.07, 6.45) is 2.19. The van der Waals surface area contributed by atoms with Crippen molar-refractivity contribution in [1.82, 2.24) is 5.32 Å². The fraction of sp³-hybridized carbons (Fsp3) is 0.643. The Labute approximate surface area is 113 Å². The lowest BCUT2D eigenvalue weighted by Crippen LogP contribution is -2.36. The molecule has 2 heterocycles. The zero-order valence-electron chi connectivity index (χ0n) is 11.5. The number of furan rings is 1. The van der Waals surface area contributed by atoms with Crippen LogP contribution >= 0.6 is 0 Å². The largest absolute Gasteiger partial charge is 0.463 e. The smallest absolute Gasteiger partial charge is 0.373 e. The number of hydrogen-bond acceptors (Lipinski definition) is 5. The van der Waals surface area contributed by atoms with Crippen LogP contribution in [-0.2, 0) is 16.0 Å². The summed E-state index contributed by atoms with van der Waals surface area (Å²) in [5, 5.41) is 3.44. The molecular formula is C14H21NO4. The maximum Gasteiger partial charge on any atom is 0.373 e. The Morgan fingerprint density at radius 2 is 2.21 bits per heavy atom. The van der Waals surface area contributed by atoms with Crippen LogP contribution in [0.5, 0.6) is 0 Å². The fourth-order valence-corrected chi connectivity index (χ4v) is 2.33. The number of carbonyl (C=O) groups excluding carboxylic acids is 1. The molecule has 2 rings (SSSR count). The number of rotatable bonds is 5. The molecule has 0 spiro atoms. The van der Waals surface area contributed by atoms with E-state index < -0.39 is 5.97 Å². The zero-order chi connectivity index (χ0) is 13.7. The molecule has 19 heavy (non-hydrogen) atoms. The fourth-order valence-electron chi connectivity index (χ4n) is 2.33. The van der Waals surface area contributed by atoms with Crippen molar-refractivity contribution in [3.05, 3.63) is 23.7 Å². The lowest BCUT2D eigenvalue weighted by atomic mass is 9.93. The average molecular weight is 267 g/mol. The summed E-state index contributed by atoms with van der Waals surface area (Å²) in [5.74, 6) is 1.20. The van der Waals surface area contributed by atoms with Crippen LogP contribution in [0.25, 0.3) is 0 Å². The monoisotopic (exact) mass is 267 g/mol. The van der Waals surface area contributed by atoms with Crippen LogP contribution in [0.15, 0.2) is 16.5 Å². The van der Waals surface area contributed by atoms with Gasteiger partial charge >= 0.3 is 5.97 Å². The lowest BCUT2D eigenvalue weighted by Gasteiger charge is -2.28.